The van der Waals surface area contributed by atoms with E-state index in [4.69, 9.17) is 27.9 Å². The van der Waals surface area contributed by atoms with E-state index >= 15 is 0 Å². The van der Waals surface area contributed by atoms with Gasteiger partial charge in [-0.25, -0.2) is 29.5 Å². The van der Waals surface area contributed by atoms with Gasteiger partial charge < -0.3 is 41.2 Å². The second kappa shape index (κ2) is 23.5. The number of rotatable bonds is 13. The monoisotopic (exact) mass is 790 g/mol. The number of hydrogen-bond acceptors (Lipinski definition) is 14. The van der Waals surface area contributed by atoms with Crippen molar-refractivity contribution in [3.63, 3.8) is 0 Å². The van der Waals surface area contributed by atoms with E-state index in [1.165, 1.54) is 35.9 Å². The number of carboxylic acid groups (broad SMARTS) is 1. The van der Waals surface area contributed by atoms with E-state index in [9.17, 15) is 14.7 Å². The molecule has 0 radical (unpaired) electrons. The number of anilines is 4. The third kappa shape index (κ3) is 14.1. The van der Waals surface area contributed by atoms with Gasteiger partial charge in [0.2, 0.25) is 0 Å². The predicted molar refractivity (Wildman–Crippen MR) is 202 cm³/mol. The number of esters is 1. The number of carbonyl (C=O) groups excluding carboxylic acids is 1. The summed E-state index contributed by atoms with van der Waals surface area (Å²) in [4.78, 5) is 43.9. The van der Waals surface area contributed by atoms with Crippen molar-refractivity contribution in [3.05, 3.63) is 81.1 Å². The number of halogens is 2. The third-order valence-corrected chi connectivity index (χ3v) is 8.26. The summed E-state index contributed by atoms with van der Waals surface area (Å²) in [6.45, 7) is 2.95. The van der Waals surface area contributed by atoms with Gasteiger partial charge in [0, 0.05) is 53.7 Å². The minimum absolute atomic E-state index is 0. The van der Waals surface area contributed by atoms with Gasteiger partial charge in [0.05, 0.1) is 28.0 Å². The van der Waals surface area contributed by atoms with Gasteiger partial charge in [-0.3, -0.25) is 0 Å². The van der Waals surface area contributed by atoms with E-state index in [0.29, 0.717) is 57.3 Å². The molecule has 0 saturated heterocycles. The molecule has 2 aromatic carbocycles. The molecular weight excluding hydrogens is 750 g/mol. The zero-order chi connectivity index (χ0) is 35.4. The van der Waals surface area contributed by atoms with Crippen molar-refractivity contribution < 1.29 is 59.9 Å². The second-order valence-electron chi connectivity index (χ2n) is 10.3. The van der Waals surface area contributed by atoms with E-state index in [-0.39, 0.29) is 46.1 Å². The average molecular weight is 792 g/mol. The molecule has 0 aliphatic heterocycles. The van der Waals surface area contributed by atoms with Crippen LogP contribution in [0.4, 0.5) is 23.0 Å². The molecule has 0 amide bonds. The standard InChI is InChI=1S/C17H21ClN4O2S.C15H17ClN4O2S.Na.2H2O/c1-5-24-16(23)12-10-20-17(25-4)21-15(12)19-9-11-6-7-14(22(2)3)13(18)8-11;1-20(2)12-5-4-9(6-11(12)16)7-17-13-10(14(21)22)8-18-15(19-13)23-3;;;/h6-8,10H,5,9H2,1-4H3,(H,19,20,21);4-6,8H,7H2,1-3H3,(H,21,22)(H,17,18,19);;2*1H2/q;;+1;;/p-1. The zero-order valence-corrected chi connectivity index (χ0v) is 34.8. The molecule has 4 aromatic rings. The molecule has 0 unspecified atom stereocenters. The summed E-state index contributed by atoms with van der Waals surface area (Å²) in [6.07, 6.45) is 6.51. The van der Waals surface area contributed by atoms with Crippen LogP contribution in [-0.2, 0) is 17.8 Å². The summed E-state index contributed by atoms with van der Waals surface area (Å²) in [7, 11) is 7.72. The van der Waals surface area contributed by atoms with E-state index < -0.39 is 11.9 Å². The van der Waals surface area contributed by atoms with Gasteiger partial charge in [-0.2, -0.15) is 0 Å². The van der Waals surface area contributed by atoms with Gasteiger partial charge in [0.1, 0.15) is 22.8 Å². The van der Waals surface area contributed by atoms with E-state index in [1.807, 2.05) is 86.9 Å². The quantitative estimate of drug-likeness (QED) is 0.0770. The summed E-state index contributed by atoms with van der Waals surface area (Å²) in [5.41, 5.74) is 4.14. The Kier molecular flexibility index (Phi) is 22.1. The number of aromatic nitrogens is 4. The molecule has 0 spiro atoms. The molecule has 14 nitrogen and oxygen atoms in total. The largest absolute Gasteiger partial charge is 1.00 e. The maximum atomic E-state index is 12.1. The van der Waals surface area contributed by atoms with E-state index in [2.05, 4.69) is 30.6 Å². The predicted octanol–water partition coefficient (Wildman–Crippen LogP) is 2.94. The van der Waals surface area contributed by atoms with Crippen molar-refractivity contribution in [1.82, 2.24) is 19.9 Å². The van der Waals surface area contributed by atoms with Gasteiger partial charge in [-0.15, -0.1) is 0 Å². The number of benzene rings is 2. The first kappa shape index (κ1) is 47.9. The summed E-state index contributed by atoms with van der Waals surface area (Å²) >= 11 is 15.3. The Morgan fingerprint density at radius 1 is 0.804 bits per heavy atom. The Bertz CT molecular complexity index is 1740. The number of nitrogens with one attached hydrogen (secondary N) is 2. The fourth-order valence-corrected chi connectivity index (χ4v) is 5.56. The maximum absolute atomic E-state index is 12.1. The van der Waals surface area contributed by atoms with Crippen LogP contribution in [0, 0.1) is 0 Å². The van der Waals surface area contributed by atoms with Crippen LogP contribution in [0.3, 0.4) is 0 Å². The van der Waals surface area contributed by atoms with Gasteiger partial charge in [-0.05, 0) is 54.8 Å². The fourth-order valence-electron chi connectivity index (χ4n) is 4.13. The first-order chi connectivity index (χ1) is 22.9. The first-order valence-corrected chi connectivity index (χ1v) is 17.7. The summed E-state index contributed by atoms with van der Waals surface area (Å²) in [5.74, 6) is -0.768. The SMILES string of the molecule is CCOC(=O)c1cnc(SC)nc1NCc1ccc(N(C)C)c(Cl)c1.CSc1ncc(C(=O)O)c(NCc2ccc(N(C)C)c(Cl)c2)n1.O.[Na+].[OH-]. The van der Waals surface area contributed by atoms with Crippen LogP contribution >= 0.6 is 46.7 Å². The van der Waals surface area contributed by atoms with Crippen molar-refractivity contribution in [2.45, 2.75) is 30.3 Å². The van der Waals surface area contributed by atoms with Crippen molar-refractivity contribution in [1.29, 1.82) is 0 Å². The average Bonchev–Trinajstić information content (AvgIpc) is 3.06. The van der Waals surface area contributed by atoms with Crippen LogP contribution < -0.4 is 50.0 Å². The number of thioether (sulfide) groups is 2. The summed E-state index contributed by atoms with van der Waals surface area (Å²) in [5, 5.41) is 17.8. The number of nitrogens with zero attached hydrogens (tertiary/aromatic N) is 6. The molecule has 2 aromatic heterocycles. The third-order valence-electron chi connectivity index (χ3n) is 6.53. The zero-order valence-electron chi connectivity index (χ0n) is 29.6. The van der Waals surface area contributed by atoms with Crippen molar-refractivity contribution in [2.75, 3.05) is 67.7 Å². The summed E-state index contributed by atoms with van der Waals surface area (Å²) in [6, 6.07) is 11.5. The Labute approximate surface area is 338 Å². The molecule has 6 N–H and O–H groups in total. The van der Waals surface area contributed by atoms with Gasteiger partial charge in [-0.1, -0.05) is 58.9 Å². The molecule has 51 heavy (non-hydrogen) atoms. The maximum Gasteiger partial charge on any atom is 1.00 e. The number of carbonyl (C=O) groups is 2. The molecule has 4 rings (SSSR count). The van der Waals surface area contributed by atoms with Gasteiger partial charge in [0.15, 0.2) is 10.3 Å². The minimum atomic E-state index is -1.07. The number of carboxylic acids is 1. The number of ether oxygens (including phenoxy) is 1. The number of hydrogen-bond donors (Lipinski definition) is 3. The van der Waals surface area contributed by atoms with Crippen LogP contribution in [0.1, 0.15) is 38.8 Å². The molecule has 0 aliphatic rings. The molecular formula is C32H41Cl2N8NaO6S2. The van der Waals surface area contributed by atoms with Crippen molar-refractivity contribution in [3.8, 4) is 0 Å². The minimum Gasteiger partial charge on any atom is -0.870 e. The molecule has 0 atom stereocenters. The molecule has 0 fully saturated rings. The smallest absolute Gasteiger partial charge is 0.870 e. The molecule has 0 bridgehead atoms. The number of aromatic carboxylic acids is 1. The molecule has 19 heteroatoms. The molecule has 0 aliphatic carbocycles. The van der Waals surface area contributed by atoms with Crippen molar-refractivity contribution >= 4 is 81.7 Å². The van der Waals surface area contributed by atoms with Crippen LogP contribution in [0.2, 0.25) is 10.0 Å². The van der Waals surface area contributed by atoms with Crippen LogP contribution in [0.5, 0.6) is 0 Å². The van der Waals surface area contributed by atoms with Gasteiger partial charge >= 0.3 is 41.5 Å². The van der Waals surface area contributed by atoms with Gasteiger partial charge in [0.25, 0.3) is 0 Å². The van der Waals surface area contributed by atoms with E-state index in [1.54, 1.807) is 6.92 Å². The Hall–Kier alpha value is -3.06. The Morgan fingerprint density at radius 2 is 1.22 bits per heavy atom. The summed E-state index contributed by atoms with van der Waals surface area (Å²) < 4.78 is 5.06. The molecule has 0 saturated carbocycles. The van der Waals surface area contributed by atoms with Crippen LogP contribution in [0.15, 0.2) is 59.1 Å². The molecule has 272 valence electrons. The Morgan fingerprint density at radius 3 is 1.57 bits per heavy atom. The second-order valence-corrected chi connectivity index (χ2v) is 12.7. The van der Waals surface area contributed by atoms with Crippen LogP contribution in [-0.4, -0.2) is 95.2 Å². The Balaban J connectivity index is 0.000000929. The van der Waals surface area contributed by atoms with E-state index in [0.717, 1.165) is 22.5 Å². The van der Waals surface area contributed by atoms with Crippen molar-refractivity contribution in [2.24, 2.45) is 0 Å². The normalized spacial score (nSPS) is 9.82. The fraction of sp³-hybridized carbons (Fsp3) is 0.312. The topological polar surface area (TPSA) is 207 Å². The first-order valence-electron chi connectivity index (χ1n) is 14.5. The van der Waals surface area contributed by atoms with Crippen LogP contribution in [0.25, 0.3) is 0 Å². The molecule has 2 heterocycles.